The molecule has 4 heteroatoms. The van der Waals surface area contributed by atoms with Gasteiger partial charge in [-0.25, -0.2) is 0 Å². The molecule has 1 atom stereocenters. The maximum atomic E-state index is 5.79. The molecule has 0 bridgehead atoms. The zero-order valence-electron chi connectivity index (χ0n) is 12.6. The van der Waals surface area contributed by atoms with Crippen LogP contribution in [0.1, 0.15) is 18.1 Å². The first kappa shape index (κ1) is 15.4. The van der Waals surface area contributed by atoms with Crippen LogP contribution in [0, 0.1) is 0 Å². The van der Waals surface area contributed by atoms with Gasteiger partial charge in [-0.15, -0.1) is 0 Å². The predicted molar refractivity (Wildman–Crippen MR) is 80.7 cm³/mol. The van der Waals surface area contributed by atoms with Crippen LogP contribution in [0.25, 0.3) is 0 Å². The molecule has 1 unspecified atom stereocenters. The Balaban J connectivity index is 1.73. The second kappa shape index (κ2) is 8.37. The molecule has 0 amide bonds. The number of methoxy groups -OCH3 is 1. The second-order valence-corrected chi connectivity index (χ2v) is 5.27. The monoisotopic (exact) mass is 278 g/mol. The molecule has 1 fully saturated rings. The predicted octanol–water partition coefficient (Wildman–Crippen LogP) is 1.64. The highest BCUT2D eigenvalue weighted by Gasteiger charge is 2.18. The van der Waals surface area contributed by atoms with E-state index in [0.29, 0.717) is 12.7 Å². The van der Waals surface area contributed by atoms with Crippen molar-refractivity contribution in [2.75, 3.05) is 39.9 Å². The summed E-state index contributed by atoms with van der Waals surface area (Å²) in [7, 11) is 1.73. The molecule has 0 aromatic heterocycles. The number of rotatable bonds is 7. The minimum atomic E-state index is 0.311. The molecule has 0 radical (unpaired) electrons. The van der Waals surface area contributed by atoms with E-state index in [4.69, 9.17) is 9.47 Å². The summed E-state index contributed by atoms with van der Waals surface area (Å²) in [6.45, 7) is 8.72. The van der Waals surface area contributed by atoms with Crippen molar-refractivity contribution in [3.8, 4) is 0 Å². The fraction of sp³-hybridized carbons (Fsp3) is 0.625. The highest BCUT2D eigenvalue weighted by molar-refractivity contribution is 5.22. The van der Waals surface area contributed by atoms with E-state index in [1.807, 2.05) is 0 Å². The van der Waals surface area contributed by atoms with Crippen LogP contribution in [-0.4, -0.2) is 50.9 Å². The quantitative estimate of drug-likeness (QED) is 0.822. The number of morpholine rings is 1. The molecule has 1 saturated heterocycles. The molecular weight excluding hydrogens is 252 g/mol. The van der Waals surface area contributed by atoms with Gasteiger partial charge in [-0.05, 0) is 17.7 Å². The minimum Gasteiger partial charge on any atom is -0.380 e. The Morgan fingerprint density at radius 1 is 1.40 bits per heavy atom. The molecule has 1 aromatic carbocycles. The zero-order valence-corrected chi connectivity index (χ0v) is 12.6. The molecule has 1 aliphatic rings. The van der Waals surface area contributed by atoms with Gasteiger partial charge < -0.3 is 14.8 Å². The van der Waals surface area contributed by atoms with Gasteiger partial charge in [-0.1, -0.05) is 31.2 Å². The molecule has 1 aromatic rings. The lowest BCUT2D eigenvalue weighted by Crippen LogP contribution is -2.46. The van der Waals surface area contributed by atoms with Gasteiger partial charge in [0.05, 0.1) is 19.3 Å². The third-order valence-electron chi connectivity index (χ3n) is 3.67. The Hall–Kier alpha value is -0.940. The summed E-state index contributed by atoms with van der Waals surface area (Å²) in [5.41, 5.74) is 2.51. The van der Waals surface area contributed by atoms with Gasteiger partial charge in [0.15, 0.2) is 0 Å². The summed E-state index contributed by atoms with van der Waals surface area (Å²) >= 11 is 0. The normalized spacial score (nSPS) is 20.2. The molecule has 2 rings (SSSR count). The van der Waals surface area contributed by atoms with Crippen LogP contribution in [0.2, 0.25) is 0 Å². The fourth-order valence-corrected chi connectivity index (χ4v) is 2.56. The van der Waals surface area contributed by atoms with Crippen molar-refractivity contribution in [3.05, 3.63) is 35.4 Å². The van der Waals surface area contributed by atoms with Crippen molar-refractivity contribution < 1.29 is 9.47 Å². The number of ether oxygens (including phenoxy) is 2. The van der Waals surface area contributed by atoms with E-state index >= 15 is 0 Å². The Kier molecular flexibility index (Phi) is 6.47. The third-order valence-corrected chi connectivity index (χ3v) is 3.67. The van der Waals surface area contributed by atoms with Crippen molar-refractivity contribution in [1.82, 2.24) is 10.2 Å². The van der Waals surface area contributed by atoms with E-state index in [-0.39, 0.29) is 0 Å². The van der Waals surface area contributed by atoms with Crippen molar-refractivity contribution in [1.29, 1.82) is 0 Å². The van der Waals surface area contributed by atoms with Gasteiger partial charge in [0.25, 0.3) is 0 Å². The van der Waals surface area contributed by atoms with Crippen LogP contribution in [-0.2, 0) is 22.6 Å². The maximum absolute atomic E-state index is 5.79. The number of nitrogens with one attached hydrogen (secondary N) is 1. The SMILES string of the molecule is CCN1CCOC(CNCc2cccc(COC)c2)C1. The molecule has 0 saturated carbocycles. The second-order valence-electron chi connectivity index (χ2n) is 5.27. The van der Waals surface area contributed by atoms with Crippen LogP contribution in [0.4, 0.5) is 0 Å². The van der Waals surface area contributed by atoms with Crippen LogP contribution in [0.5, 0.6) is 0 Å². The van der Waals surface area contributed by atoms with Crippen LogP contribution in [0.15, 0.2) is 24.3 Å². The molecule has 112 valence electrons. The first-order valence-electron chi connectivity index (χ1n) is 7.43. The molecule has 1 aliphatic heterocycles. The van der Waals surface area contributed by atoms with Gasteiger partial charge in [0, 0.05) is 33.3 Å². The van der Waals surface area contributed by atoms with E-state index in [1.54, 1.807) is 7.11 Å². The van der Waals surface area contributed by atoms with Gasteiger partial charge in [0.2, 0.25) is 0 Å². The third kappa shape index (κ3) is 4.87. The summed E-state index contributed by atoms with van der Waals surface area (Å²) in [6, 6.07) is 8.51. The first-order valence-corrected chi connectivity index (χ1v) is 7.43. The summed E-state index contributed by atoms with van der Waals surface area (Å²) in [5.74, 6) is 0. The van der Waals surface area contributed by atoms with E-state index in [9.17, 15) is 0 Å². The van der Waals surface area contributed by atoms with Crippen molar-refractivity contribution >= 4 is 0 Å². The average Bonchev–Trinajstić information content (AvgIpc) is 2.48. The number of hydrogen-bond donors (Lipinski definition) is 1. The minimum absolute atomic E-state index is 0.311. The van der Waals surface area contributed by atoms with Gasteiger partial charge in [-0.3, -0.25) is 4.90 Å². The molecule has 4 nitrogen and oxygen atoms in total. The first-order chi connectivity index (χ1) is 9.81. The van der Waals surface area contributed by atoms with Crippen molar-refractivity contribution in [2.45, 2.75) is 26.2 Å². The lowest BCUT2D eigenvalue weighted by atomic mass is 10.1. The summed E-state index contributed by atoms with van der Waals surface area (Å²) < 4.78 is 10.9. The van der Waals surface area contributed by atoms with Gasteiger partial charge in [0.1, 0.15) is 0 Å². The number of benzene rings is 1. The number of nitrogens with zero attached hydrogens (tertiary/aromatic N) is 1. The molecule has 20 heavy (non-hydrogen) atoms. The summed E-state index contributed by atoms with van der Waals surface area (Å²) in [4.78, 5) is 2.44. The topological polar surface area (TPSA) is 33.7 Å². The largest absolute Gasteiger partial charge is 0.380 e. The smallest absolute Gasteiger partial charge is 0.0826 e. The molecule has 0 spiro atoms. The van der Waals surface area contributed by atoms with Crippen LogP contribution in [0.3, 0.4) is 0 Å². The Bertz CT molecular complexity index is 398. The highest BCUT2D eigenvalue weighted by Crippen LogP contribution is 2.07. The lowest BCUT2D eigenvalue weighted by molar-refractivity contribution is -0.0253. The van der Waals surface area contributed by atoms with Crippen molar-refractivity contribution in [3.63, 3.8) is 0 Å². The van der Waals surface area contributed by atoms with Crippen LogP contribution < -0.4 is 5.32 Å². The van der Waals surface area contributed by atoms with Crippen molar-refractivity contribution in [2.24, 2.45) is 0 Å². The van der Waals surface area contributed by atoms with Gasteiger partial charge in [-0.2, -0.15) is 0 Å². The van der Waals surface area contributed by atoms with E-state index in [2.05, 4.69) is 41.4 Å². The molecule has 0 aliphatic carbocycles. The molecule has 1 N–H and O–H groups in total. The average molecular weight is 278 g/mol. The number of hydrogen-bond acceptors (Lipinski definition) is 4. The summed E-state index contributed by atoms with van der Waals surface area (Å²) in [6.07, 6.45) is 0.311. The number of likely N-dealkylation sites (N-methyl/N-ethyl adjacent to an activating group) is 1. The maximum Gasteiger partial charge on any atom is 0.0826 e. The molecular formula is C16H26N2O2. The van der Waals surface area contributed by atoms with E-state index < -0.39 is 0 Å². The van der Waals surface area contributed by atoms with E-state index in [1.165, 1.54) is 11.1 Å². The Morgan fingerprint density at radius 2 is 2.25 bits per heavy atom. The van der Waals surface area contributed by atoms with Gasteiger partial charge >= 0.3 is 0 Å². The standard InChI is InChI=1S/C16H26N2O2/c1-3-18-7-8-20-16(12-18)11-17-10-14-5-4-6-15(9-14)13-19-2/h4-6,9,16-17H,3,7-8,10-13H2,1-2H3. The lowest BCUT2D eigenvalue weighted by Gasteiger charge is -2.32. The fourth-order valence-electron chi connectivity index (χ4n) is 2.56. The van der Waals surface area contributed by atoms with Crippen LogP contribution >= 0.6 is 0 Å². The zero-order chi connectivity index (χ0) is 14.2. The summed E-state index contributed by atoms with van der Waals surface area (Å²) in [5, 5.41) is 3.49. The molecule has 1 heterocycles. The highest BCUT2D eigenvalue weighted by atomic mass is 16.5. The Labute approximate surface area is 122 Å². The van der Waals surface area contributed by atoms with E-state index in [0.717, 1.165) is 39.3 Å². The Morgan fingerprint density at radius 3 is 3.05 bits per heavy atom.